The van der Waals surface area contributed by atoms with Crippen LogP contribution in [0.2, 0.25) is 0 Å². The van der Waals surface area contributed by atoms with Crippen LogP contribution in [0.25, 0.3) is 0 Å². The Bertz CT molecular complexity index is 363. The summed E-state index contributed by atoms with van der Waals surface area (Å²) in [6.07, 6.45) is 3.69. The van der Waals surface area contributed by atoms with Crippen molar-refractivity contribution in [3.8, 4) is 0 Å². The van der Waals surface area contributed by atoms with Crippen molar-refractivity contribution in [1.29, 1.82) is 0 Å². The number of carbonyl (C=O) groups excluding carboxylic acids is 1. The summed E-state index contributed by atoms with van der Waals surface area (Å²) in [5.74, 6) is -1.02. The first-order chi connectivity index (χ1) is 7.28. The number of amides is 1. The van der Waals surface area contributed by atoms with Gasteiger partial charge in [0.25, 0.3) is 0 Å². The van der Waals surface area contributed by atoms with Crippen LogP contribution in [0.5, 0.6) is 0 Å². The highest BCUT2D eigenvalue weighted by Crippen LogP contribution is 2.16. The van der Waals surface area contributed by atoms with E-state index in [0.717, 1.165) is 6.08 Å². The molecule has 0 aromatic rings. The molecule has 88 valence electrons. The lowest BCUT2D eigenvalue weighted by Gasteiger charge is -2.23. The van der Waals surface area contributed by atoms with Crippen LogP contribution in [0.1, 0.15) is 20.8 Å². The lowest BCUT2D eigenvalue weighted by atomic mass is 10.2. The molecule has 0 radical (unpaired) electrons. The third-order valence-electron chi connectivity index (χ3n) is 1.76. The van der Waals surface area contributed by atoms with Crippen molar-refractivity contribution in [2.45, 2.75) is 26.4 Å². The fourth-order valence-electron chi connectivity index (χ4n) is 1.19. The predicted molar refractivity (Wildman–Crippen MR) is 57.8 cm³/mol. The lowest BCUT2D eigenvalue weighted by Crippen LogP contribution is -2.32. The van der Waals surface area contributed by atoms with Crippen molar-refractivity contribution in [3.05, 3.63) is 23.9 Å². The molecule has 1 rings (SSSR count). The first kappa shape index (κ1) is 12.3. The molecule has 0 aliphatic carbocycles. The number of carboxylic acid groups (broad SMARTS) is 1. The highest BCUT2D eigenvalue weighted by atomic mass is 16.6. The van der Waals surface area contributed by atoms with Crippen LogP contribution in [0.3, 0.4) is 0 Å². The van der Waals surface area contributed by atoms with Gasteiger partial charge in [-0.2, -0.15) is 0 Å². The van der Waals surface area contributed by atoms with Gasteiger partial charge in [0.2, 0.25) is 0 Å². The van der Waals surface area contributed by atoms with Gasteiger partial charge in [-0.05, 0) is 32.4 Å². The fraction of sp³-hybridized carbons (Fsp3) is 0.455. The van der Waals surface area contributed by atoms with Gasteiger partial charge in [-0.1, -0.05) is 0 Å². The number of carbonyl (C=O) groups is 2. The highest BCUT2D eigenvalue weighted by Gasteiger charge is 2.23. The third-order valence-corrected chi connectivity index (χ3v) is 1.76. The second kappa shape index (κ2) is 4.38. The van der Waals surface area contributed by atoms with E-state index in [1.54, 1.807) is 26.8 Å². The van der Waals surface area contributed by atoms with Crippen molar-refractivity contribution in [2.75, 3.05) is 6.54 Å². The minimum Gasteiger partial charge on any atom is -0.478 e. The van der Waals surface area contributed by atoms with E-state index in [1.807, 2.05) is 0 Å². The van der Waals surface area contributed by atoms with Gasteiger partial charge < -0.3 is 9.84 Å². The summed E-state index contributed by atoms with van der Waals surface area (Å²) in [5.41, 5.74) is 0.0165. The number of ether oxygens (including phenoxy) is 1. The minimum absolute atomic E-state index is 0.237. The van der Waals surface area contributed by atoms with E-state index in [-0.39, 0.29) is 6.54 Å². The van der Waals surface area contributed by atoms with E-state index in [0.29, 0.717) is 5.57 Å². The Hall–Kier alpha value is -1.78. The van der Waals surface area contributed by atoms with Crippen LogP contribution in [-0.2, 0) is 9.53 Å². The summed E-state index contributed by atoms with van der Waals surface area (Å²) in [7, 11) is 0. The molecule has 5 heteroatoms. The van der Waals surface area contributed by atoms with E-state index in [9.17, 15) is 9.59 Å². The zero-order valence-electron chi connectivity index (χ0n) is 9.56. The molecule has 1 heterocycles. The second-order valence-corrected chi connectivity index (χ2v) is 4.48. The molecule has 0 aromatic heterocycles. The Balaban J connectivity index is 2.58. The van der Waals surface area contributed by atoms with E-state index in [2.05, 4.69) is 0 Å². The van der Waals surface area contributed by atoms with Crippen molar-refractivity contribution in [3.63, 3.8) is 0 Å². The zero-order valence-corrected chi connectivity index (χ0v) is 9.56. The quantitative estimate of drug-likeness (QED) is 0.690. The maximum Gasteiger partial charge on any atom is 0.414 e. The predicted octanol–water partition coefficient (Wildman–Crippen LogP) is 1.76. The van der Waals surface area contributed by atoms with Crippen LogP contribution in [0.15, 0.2) is 23.9 Å². The van der Waals surface area contributed by atoms with Crippen LogP contribution in [0, 0.1) is 0 Å². The van der Waals surface area contributed by atoms with Crippen LogP contribution < -0.4 is 0 Å². The molecule has 0 aromatic carbocycles. The molecule has 1 amide bonds. The fourth-order valence-corrected chi connectivity index (χ4v) is 1.19. The number of aliphatic carboxylic acids is 1. The number of rotatable bonds is 1. The van der Waals surface area contributed by atoms with Gasteiger partial charge in [0.05, 0.1) is 6.54 Å². The smallest absolute Gasteiger partial charge is 0.414 e. The molecule has 5 nitrogen and oxygen atoms in total. The van der Waals surface area contributed by atoms with Gasteiger partial charge in [0, 0.05) is 12.3 Å². The van der Waals surface area contributed by atoms with Crippen LogP contribution in [-0.4, -0.2) is 34.2 Å². The Labute approximate surface area is 94.0 Å². The van der Waals surface area contributed by atoms with E-state index < -0.39 is 17.7 Å². The first-order valence-corrected chi connectivity index (χ1v) is 4.89. The monoisotopic (exact) mass is 225 g/mol. The summed E-state index contributed by atoms with van der Waals surface area (Å²) in [5, 5.41) is 8.54. The van der Waals surface area contributed by atoms with E-state index in [4.69, 9.17) is 9.84 Å². The zero-order chi connectivity index (χ0) is 12.3. The number of hydrogen-bond donors (Lipinski definition) is 1. The Morgan fingerprint density at radius 2 is 2.12 bits per heavy atom. The summed E-state index contributed by atoms with van der Waals surface area (Å²) < 4.78 is 5.14. The van der Waals surface area contributed by atoms with Crippen molar-refractivity contribution < 1.29 is 19.4 Å². The van der Waals surface area contributed by atoms with Crippen LogP contribution >= 0.6 is 0 Å². The largest absolute Gasteiger partial charge is 0.478 e. The molecule has 0 spiro atoms. The summed E-state index contributed by atoms with van der Waals surface area (Å²) >= 11 is 0. The third kappa shape index (κ3) is 3.76. The van der Waals surface area contributed by atoms with Gasteiger partial charge in [0.1, 0.15) is 5.60 Å². The second-order valence-electron chi connectivity index (χ2n) is 4.48. The molecule has 16 heavy (non-hydrogen) atoms. The molecule has 1 aliphatic rings. The molecule has 0 fully saturated rings. The topological polar surface area (TPSA) is 66.8 Å². The molecular formula is C11H15NO4. The molecule has 1 aliphatic heterocycles. The summed E-state index contributed by atoms with van der Waals surface area (Å²) in [4.78, 5) is 23.3. The average Bonchev–Trinajstić information content (AvgIpc) is 2.48. The highest BCUT2D eigenvalue weighted by molar-refractivity contribution is 5.82. The van der Waals surface area contributed by atoms with Crippen molar-refractivity contribution in [2.24, 2.45) is 0 Å². The summed E-state index contributed by atoms with van der Waals surface area (Å²) in [6.45, 7) is 5.57. The Morgan fingerprint density at radius 3 is 2.62 bits per heavy atom. The maximum atomic E-state index is 11.6. The average molecular weight is 225 g/mol. The standard InChI is InChI=1S/C11H15NO4/c1-11(2,3)16-10(15)12-5-4-8(7-12)6-9(13)14/h4-6H,7H2,1-3H3,(H,13,14)/b8-6+. The number of carboxylic acids is 1. The molecule has 0 saturated carbocycles. The summed E-state index contributed by atoms with van der Waals surface area (Å²) in [6, 6.07) is 0. The van der Waals surface area contributed by atoms with Gasteiger partial charge >= 0.3 is 12.1 Å². The molecule has 0 bridgehead atoms. The van der Waals surface area contributed by atoms with Gasteiger partial charge in [-0.3, -0.25) is 4.90 Å². The number of hydrogen-bond acceptors (Lipinski definition) is 3. The van der Waals surface area contributed by atoms with Crippen LogP contribution in [0.4, 0.5) is 4.79 Å². The van der Waals surface area contributed by atoms with E-state index >= 15 is 0 Å². The van der Waals surface area contributed by atoms with Gasteiger partial charge in [-0.15, -0.1) is 0 Å². The normalized spacial score (nSPS) is 17.9. The maximum absolute atomic E-state index is 11.6. The number of nitrogens with zero attached hydrogens (tertiary/aromatic N) is 1. The lowest BCUT2D eigenvalue weighted by molar-refractivity contribution is -0.131. The SMILES string of the molecule is CC(C)(C)OC(=O)N1C=C/C(=C\C(=O)O)C1. The van der Waals surface area contributed by atoms with Gasteiger partial charge in [-0.25, -0.2) is 9.59 Å². The van der Waals surface area contributed by atoms with Crippen molar-refractivity contribution >= 4 is 12.1 Å². The molecule has 0 unspecified atom stereocenters. The molecule has 1 N–H and O–H groups in total. The van der Waals surface area contributed by atoms with Crippen molar-refractivity contribution in [1.82, 2.24) is 4.90 Å². The van der Waals surface area contributed by atoms with E-state index in [1.165, 1.54) is 11.1 Å². The first-order valence-electron chi connectivity index (χ1n) is 4.89. The molecular weight excluding hydrogens is 210 g/mol. The van der Waals surface area contributed by atoms with Gasteiger partial charge in [0.15, 0.2) is 0 Å². The Morgan fingerprint density at radius 1 is 1.50 bits per heavy atom. The molecule has 0 atom stereocenters. The molecule has 0 saturated heterocycles. The minimum atomic E-state index is -1.02. The Kier molecular flexibility index (Phi) is 3.37.